The molecule has 1 heterocycles. The molecule has 1 aromatic carbocycles. The van der Waals surface area contributed by atoms with E-state index in [1.807, 2.05) is 6.07 Å². The summed E-state index contributed by atoms with van der Waals surface area (Å²) in [6.07, 6.45) is 3.61. The van der Waals surface area contributed by atoms with Crippen LogP contribution in [-0.4, -0.2) is 10.1 Å². The molecule has 3 rings (SSSR count). The average molecular weight is 349 g/mol. The Kier molecular flexibility index (Phi) is 4.74. The number of aromatic nitrogens is 1. The molecule has 1 aliphatic carbocycles. The first-order chi connectivity index (χ1) is 11.1. The van der Waals surface area contributed by atoms with Gasteiger partial charge in [-0.3, -0.25) is 0 Å². The zero-order valence-electron chi connectivity index (χ0n) is 12.3. The Hall–Kier alpha value is -1.77. The van der Waals surface area contributed by atoms with Gasteiger partial charge in [-0.05, 0) is 48.9 Å². The van der Waals surface area contributed by atoms with E-state index in [9.17, 15) is 14.8 Å². The summed E-state index contributed by atoms with van der Waals surface area (Å²) in [6, 6.07) is 6.64. The Morgan fingerprint density at radius 2 is 2.04 bits per heavy atom. The van der Waals surface area contributed by atoms with E-state index in [0.29, 0.717) is 21.4 Å². The van der Waals surface area contributed by atoms with Crippen LogP contribution in [0.5, 0.6) is 5.88 Å². The molecule has 0 atom stereocenters. The second kappa shape index (κ2) is 6.77. The highest BCUT2D eigenvalue weighted by Crippen LogP contribution is 2.37. The SMILES string of the molecule is N#Cc1c(O)nc(SCc2c(F)cccc2Cl)c2c1CCCC2. The number of rotatable bonds is 3. The number of aromatic hydroxyl groups is 1. The van der Waals surface area contributed by atoms with Crippen LogP contribution in [0.15, 0.2) is 23.2 Å². The minimum atomic E-state index is -0.350. The van der Waals surface area contributed by atoms with Gasteiger partial charge in [0.1, 0.15) is 22.5 Å². The third-order valence-corrected chi connectivity index (χ3v) is 5.38. The van der Waals surface area contributed by atoms with E-state index < -0.39 is 0 Å². The first-order valence-electron chi connectivity index (χ1n) is 7.32. The molecule has 1 N–H and O–H groups in total. The van der Waals surface area contributed by atoms with Crippen molar-refractivity contribution in [3.05, 3.63) is 51.3 Å². The third-order valence-electron chi connectivity index (χ3n) is 3.99. The monoisotopic (exact) mass is 348 g/mol. The molecule has 118 valence electrons. The van der Waals surface area contributed by atoms with Gasteiger partial charge in [0.2, 0.25) is 5.88 Å². The van der Waals surface area contributed by atoms with Crippen molar-refractivity contribution in [3.63, 3.8) is 0 Å². The van der Waals surface area contributed by atoms with Gasteiger partial charge in [-0.1, -0.05) is 17.7 Å². The van der Waals surface area contributed by atoms with Crippen LogP contribution in [-0.2, 0) is 18.6 Å². The maximum absolute atomic E-state index is 13.9. The van der Waals surface area contributed by atoms with Crippen molar-refractivity contribution in [1.82, 2.24) is 4.98 Å². The molecule has 23 heavy (non-hydrogen) atoms. The number of benzene rings is 1. The van der Waals surface area contributed by atoms with Crippen molar-refractivity contribution in [1.29, 1.82) is 5.26 Å². The van der Waals surface area contributed by atoms with Gasteiger partial charge in [0.15, 0.2) is 0 Å². The Morgan fingerprint density at radius 1 is 1.30 bits per heavy atom. The van der Waals surface area contributed by atoms with Crippen LogP contribution in [0.4, 0.5) is 4.39 Å². The largest absolute Gasteiger partial charge is 0.492 e. The average Bonchev–Trinajstić information content (AvgIpc) is 2.54. The highest BCUT2D eigenvalue weighted by atomic mass is 35.5. The number of thioether (sulfide) groups is 1. The second-order valence-corrected chi connectivity index (χ2v) is 6.75. The van der Waals surface area contributed by atoms with Crippen molar-refractivity contribution in [2.24, 2.45) is 0 Å². The lowest BCUT2D eigenvalue weighted by molar-refractivity contribution is 0.442. The molecule has 0 bridgehead atoms. The molecular formula is C17H14ClFN2OS. The first-order valence-corrected chi connectivity index (χ1v) is 8.68. The summed E-state index contributed by atoms with van der Waals surface area (Å²) in [4.78, 5) is 4.16. The fourth-order valence-electron chi connectivity index (χ4n) is 2.82. The van der Waals surface area contributed by atoms with Crippen LogP contribution < -0.4 is 0 Å². The summed E-state index contributed by atoms with van der Waals surface area (Å²) >= 11 is 7.40. The minimum Gasteiger partial charge on any atom is -0.492 e. The van der Waals surface area contributed by atoms with E-state index in [0.717, 1.165) is 36.8 Å². The van der Waals surface area contributed by atoms with E-state index in [2.05, 4.69) is 4.98 Å². The predicted molar refractivity (Wildman–Crippen MR) is 88.2 cm³/mol. The van der Waals surface area contributed by atoms with E-state index >= 15 is 0 Å². The van der Waals surface area contributed by atoms with Crippen LogP contribution in [0.1, 0.15) is 35.1 Å². The first kappa shape index (κ1) is 16.1. The molecule has 0 spiro atoms. The smallest absolute Gasteiger partial charge is 0.230 e. The third kappa shape index (κ3) is 3.15. The summed E-state index contributed by atoms with van der Waals surface area (Å²) in [6.45, 7) is 0. The van der Waals surface area contributed by atoms with E-state index in [4.69, 9.17) is 11.6 Å². The van der Waals surface area contributed by atoms with Crippen LogP contribution in [0.25, 0.3) is 0 Å². The fraction of sp³-hybridized carbons (Fsp3) is 0.294. The van der Waals surface area contributed by atoms with Crippen LogP contribution in [0.2, 0.25) is 5.02 Å². The molecule has 1 aliphatic rings. The normalized spacial score (nSPS) is 13.4. The van der Waals surface area contributed by atoms with Crippen LogP contribution in [0, 0.1) is 17.1 Å². The number of nitriles is 1. The zero-order chi connectivity index (χ0) is 16.4. The molecule has 0 saturated carbocycles. The highest BCUT2D eigenvalue weighted by molar-refractivity contribution is 7.98. The molecule has 2 aromatic rings. The lowest BCUT2D eigenvalue weighted by atomic mass is 9.90. The van der Waals surface area contributed by atoms with Gasteiger partial charge in [-0.25, -0.2) is 9.37 Å². The number of halogens is 2. The summed E-state index contributed by atoms with van der Waals surface area (Å²) in [7, 11) is 0. The number of fused-ring (bicyclic) bond motifs is 1. The topological polar surface area (TPSA) is 56.9 Å². The molecule has 0 amide bonds. The van der Waals surface area contributed by atoms with E-state index in [1.165, 1.54) is 17.8 Å². The van der Waals surface area contributed by atoms with Gasteiger partial charge < -0.3 is 5.11 Å². The lowest BCUT2D eigenvalue weighted by Gasteiger charge is -2.20. The van der Waals surface area contributed by atoms with E-state index in [1.54, 1.807) is 12.1 Å². The fourth-order valence-corrected chi connectivity index (χ4v) is 4.25. The van der Waals surface area contributed by atoms with Crippen molar-refractivity contribution in [2.75, 3.05) is 0 Å². The molecule has 0 saturated heterocycles. The maximum Gasteiger partial charge on any atom is 0.230 e. The predicted octanol–water partition coefficient (Wildman–Crippen LogP) is 4.62. The molecule has 3 nitrogen and oxygen atoms in total. The summed E-state index contributed by atoms with van der Waals surface area (Å²) in [5, 5.41) is 20.3. The molecular weight excluding hydrogens is 335 g/mol. The summed E-state index contributed by atoms with van der Waals surface area (Å²) < 4.78 is 13.9. The van der Waals surface area contributed by atoms with Crippen molar-refractivity contribution < 1.29 is 9.50 Å². The van der Waals surface area contributed by atoms with Crippen molar-refractivity contribution in [3.8, 4) is 11.9 Å². The Morgan fingerprint density at radius 3 is 2.74 bits per heavy atom. The van der Waals surface area contributed by atoms with Gasteiger partial charge in [-0.15, -0.1) is 11.8 Å². The Bertz CT molecular complexity index is 784. The van der Waals surface area contributed by atoms with Crippen LogP contribution in [0.3, 0.4) is 0 Å². The number of nitrogens with zero attached hydrogens (tertiary/aromatic N) is 2. The van der Waals surface area contributed by atoms with E-state index in [-0.39, 0.29) is 17.3 Å². The summed E-state index contributed by atoms with van der Waals surface area (Å²) in [5.41, 5.74) is 2.58. The maximum atomic E-state index is 13.9. The van der Waals surface area contributed by atoms with Crippen molar-refractivity contribution in [2.45, 2.75) is 36.5 Å². The van der Waals surface area contributed by atoms with Gasteiger partial charge in [0.05, 0.1) is 0 Å². The zero-order valence-corrected chi connectivity index (χ0v) is 13.8. The van der Waals surface area contributed by atoms with Gasteiger partial charge in [-0.2, -0.15) is 5.26 Å². The van der Waals surface area contributed by atoms with Gasteiger partial charge in [0, 0.05) is 16.3 Å². The quantitative estimate of drug-likeness (QED) is 0.822. The highest BCUT2D eigenvalue weighted by Gasteiger charge is 2.22. The van der Waals surface area contributed by atoms with Gasteiger partial charge >= 0.3 is 0 Å². The summed E-state index contributed by atoms with van der Waals surface area (Å²) in [5.74, 6) is -0.261. The lowest BCUT2D eigenvalue weighted by Crippen LogP contribution is -2.09. The van der Waals surface area contributed by atoms with Gasteiger partial charge in [0.25, 0.3) is 0 Å². The Balaban J connectivity index is 1.95. The second-order valence-electron chi connectivity index (χ2n) is 5.38. The number of hydrogen-bond acceptors (Lipinski definition) is 4. The molecule has 0 aliphatic heterocycles. The Labute approximate surface area is 143 Å². The number of pyridine rings is 1. The standard InChI is InChI=1S/C17H14ClFN2OS/c18-14-6-3-7-15(19)13(14)9-23-17-11-5-2-1-4-10(11)12(8-20)16(22)21-17/h3,6-7H,1-2,4-5,9H2,(H,21,22). The van der Waals surface area contributed by atoms with Crippen molar-refractivity contribution >= 4 is 23.4 Å². The molecule has 6 heteroatoms. The van der Waals surface area contributed by atoms with Crippen LogP contribution >= 0.6 is 23.4 Å². The minimum absolute atomic E-state index is 0.240. The molecule has 0 fully saturated rings. The molecule has 1 aromatic heterocycles. The number of hydrogen-bond donors (Lipinski definition) is 1. The molecule has 0 unspecified atom stereocenters. The molecule has 0 radical (unpaired) electrons.